The van der Waals surface area contributed by atoms with Crippen LogP contribution in [0.25, 0.3) is 0 Å². The molecule has 0 bridgehead atoms. The summed E-state index contributed by atoms with van der Waals surface area (Å²) in [6.07, 6.45) is 0. The summed E-state index contributed by atoms with van der Waals surface area (Å²) < 4.78 is 0. The van der Waals surface area contributed by atoms with Crippen LogP contribution in [-0.2, 0) is 0 Å². The SMILES string of the molecule is Cc1cc(C)cc(Nc2ccc(C)c(C)c2)c1. The predicted molar refractivity (Wildman–Crippen MR) is 75.1 cm³/mol. The van der Waals surface area contributed by atoms with Gasteiger partial charge in [0.1, 0.15) is 0 Å². The first-order valence-corrected chi connectivity index (χ1v) is 5.97. The molecule has 1 heteroatoms. The van der Waals surface area contributed by atoms with Gasteiger partial charge < -0.3 is 5.32 Å². The van der Waals surface area contributed by atoms with Crippen molar-refractivity contribution in [3.05, 3.63) is 58.7 Å². The van der Waals surface area contributed by atoms with E-state index in [-0.39, 0.29) is 0 Å². The summed E-state index contributed by atoms with van der Waals surface area (Å²) in [5.74, 6) is 0. The molecule has 2 aromatic carbocycles. The molecule has 0 saturated carbocycles. The molecule has 1 N–H and O–H groups in total. The van der Waals surface area contributed by atoms with Gasteiger partial charge in [-0.25, -0.2) is 0 Å². The smallest absolute Gasteiger partial charge is 0.0389 e. The van der Waals surface area contributed by atoms with E-state index in [1.807, 2.05) is 0 Å². The second kappa shape index (κ2) is 4.62. The molecule has 0 aliphatic rings. The van der Waals surface area contributed by atoms with E-state index in [9.17, 15) is 0 Å². The average molecular weight is 225 g/mol. The van der Waals surface area contributed by atoms with Gasteiger partial charge in [0, 0.05) is 11.4 Å². The van der Waals surface area contributed by atoms with Gasteiger partial charge in [0.15, 0.2) is 0 Å². The van der Waals surface area contributed by atoms with Crippen LogP contribution in [0.4, 0.5) is 11.4 Å². The molecule has 0 fully saturated rings. The first-order valence-electron chi connectivity index (χ1n) is 5.97. The fourth-order valence-electron chi connectivity index (χ4n) is 2.03. The summed E-state index contributed by atoms with van der Waals surface area (Å²) >= 11 is 0. The van der Waals surface area contributed by atoms with Crippen molar-refractivity contribution < 1.29 is 0 Å². The van der Waals surface area contributed by atoms with Crippen LogP contribution in [0, 0.1) is 27.7 Å². The highest BCUT2D eigenvalue weighted by Crippen LogP contribution is 2.21. The zero-order valence-electron chi connectivity index (χ0n) is 11.0. The van der Waals surface area contributed by atoms with Crippen molar-refractivity contribution in [2.75, 3.05) is 5.32 Å². The Kier molecular flexibility index (Phi) is 3.19. The predicted octanol–water partition coefficient (Wildman–Crippen LogP) is 4.66. The van der Waals surface area contributed by atoms with Gasteiger partial charge in [-0.2, -0.15) is 0 Å². The minimum Gasteiger partial charge on any atom is -0.356 e. The number of hydrogen-bond donors (Lipinski definition) is 1. The molecule has 0 unspecified atom stereocenters. The largest absolute Gasteiger partial charge is 0.356 e. The van der Waals surface area contributed by atoms with Gasteiger partial charge in [0.25, 0.3) is 0 Å². The van der Waals surface area contributed by atoms with E-state index in [2.05, 4.69) is 69.4 Å². The zero-order valence-corrected chi connectivity index (χ0v) is 11.0. The van der Waals surface area contributed by atoms with Crippen LogP contribution < -0.4 is 5.32 Å². The van der Waals surface area contributed by atoms with E-state index in [0.717, 1.165) is 11.4 Å². The highest BCUT2D eigenvalue weighted by molar-refractivity contribution is 5.62. The van der Waals surface area contributed by atoms with Crippen molar-refractivity contribution in [2.45, 2.75) is 27.7 Å². The average Bonchev–Trinajstić information content (AvgIpc) is 2.22. The van der Waals surface area contributed by atoms with Crippen LogP contribution in [0.15, 0.2) is 36.4 Å². The fourth-order valence-corrected chi connectivity index (χ4v) is 2.03. The van der Waals surface area contributed by atoms with Gasteiger partial charge in [-0.1, -0.05) is 12.1 Å². The maximum absolute atomic E-state index is 3.45. The van der Waals surface area contributed by atoms with E-state index in [0.29, 0.717) is 0 Å². The third-order valence-electron chi connectivity index (χ3n) is 3.02. The van der Waals surface area contributed by atoms with Crippen molar-refractivity contribution in [2.24, 2.45) is 0 Å². The normalized spacial score (nSPS) is 10.4. The van der Waals surface area contributed by atoms with E-state index in [1.54, 1.807) is 0 Å². The minimum atomic E-state index is 1.15. The number of rotatable bonds is 2. The van der Waals surface area contributed by atoms with Gasteiger partial charge >= 0.3 is 0 Å². The van der Waals surface area contributed by atoms with Gasteiger partial charge in [0.2, 0.25) is 0 Å². The number of hydrogen-bond acceptors (Lipinski definition) is 1. The number of aryl methyl sites for hydroxylation is 4. The van der Waals surface area contributed by atoms with Crippen LogP contribution in [0.1, 0.15) is 22.3 Å². The first kappa shape index (κ1) is 11.7. The van der Waals surface area contributed by atoms with Crippen molar-refractivity contribution in [1.29, 1.82) is 0 Å². The first-order chi connectivity index (χ1) is 8.04. The molecule has 2 rings (SSSR count). The van der Waals surface area contributed by atoms with Crippen LogP contribution in [-0.4, -0.2) is 0 Å². The zero-order chi connectivity index (χ0) is 12.4. The molecular formula is C16H19N. The summed E-state index contributed by atoms with van der Waals surface area (Å²) in [5, 5.41) is 3.45. The Morgan fingerprint density at radius 1 is 0.647 bits per heavy atom. The molecule has 17 heavy (non-hydrogen) atoms. The Hall–Kier alpha value is -1.76. The summed E-state index contributed by atoms with van der Waals surface area (Å²) in [4.78, 5) is 0. The molecule has 0 spiro atoms. The molecular weight excluding hydrogens is 206 g/mol. The van der Waals surface area contributed by atoms with Crippen LogP contribution >= 0.6 is 0 Å². The third-order valence-corrected chi connectivity index (χ3v) is 3.02. The van der Waals surface area contributed by atoms with Crippen LogP contribution in [0.2, 0.25) is 0 Å². The molecule has 0 atom stereocenters. The Labute approximate surface area is 103 Å². The number of nitrogens with one attached hydrogen (secondary N) is 1. The minimum absolute atomic E-state index is 1.15. The van der Waals surface area contributed by atoms with Gasteiger partial charge in [-0.3, -0.25) is 0 Å². The molecule has 0 saturated heterocycles. The standard InChI is InChI=1S/C16H19N/c1-11-7-12(2)9-16(8-11)17-15-6-5-13(3)14(4)10-15/h5-10,17H,1-4H3. The molecule has 2 aromatic rings. The lowest BCUT2D eigenvalue weighted by molar-refractivity contribution is 1.33. The fraction of sp³-hybridized carbons (Fsp3) is 0.250. The number of benzene rings is 2. The highest BCUT2D eigenvalue weighted by atomic mass is 14.9. The Balaban J connectivity index is 2.28. The maximum atomic E-state index is 3.45. The van der Waals surface area contributed by atoms with Gasteiger partial charge in [0.05, 0.1) is 0 Å². The Morgan fingerprint density at radius 3 is 1.88 bits per heavy atom. The number of anilines is 2. The second-order valence-corrected chi connectivity index (χ2v) is 4.80. The second-order valence-electron chi connectivity index (χ2n) is 4.80. The lowest BCUT2D eigenvalue weighted by Gasteiger charge is -2.10. The topological polar surface area (TPSA) is 12.0 Å². The molecule has 0 aromatic heterocycles. The third kappa shape index (κ3) is 2.88. The Morgan fingerprint density at radius 2 is 1.29 bits per heavy atom. The molecule has 1 nitrogen and oxygen atoms in total. The van der Waals surface area contributed by atoms with Crippen molar-refractivity contribution in [1.82, 2.24) is 0 Å². The van der Waals surface area contributed by atoms with Gasteiger partial charge in [-0.05, 0) is 74.2 Å². The highest BCUT2D eigenvalue weighted by Gasteiger charge is 1.99. The van der Waals surface area contributed by atoms with E-state index < -0.39 is 0 Å². The summed E-state index contributed by atoms with van der Waals surface area (Å²) in [6, 6.07) is 13.0. The van der Waals surface area contributed by atoms with Crippen molar-refractivity contribution >= 4 is 11.4 Å². The maximum Gasteiger partial charge on any atom is 0.0389 e. The molecule has 0 radical (unpaired) electrons. The molecule has 0 amide bonds. The lowest BCUT2D eigenvalue weighted by Crippen LogP contribution is -1.93. The van der Waals surface area contributed by atoms with Crippen molar-refractivity contribution in [3.8, 4) is 0 Å². The Bertz CT molecular complexity index is 521. The van der Waals surface area contributed by atoms with Crippen LogP contribution in [0.5, 0.6) is 0 Å². The van der Waals surface area contributed by atoms with Gasteiger partial charge in [-0.15, -0.1) is 0 Å². The summed E-state index contributed by atoms with van der Waals surface area (Å²) in [5.41, 5.74) is 7.53. The van der Waals surface area contributed by atoms with E-state index >= 15 is 0 Å². The molecule has 0 aliphatic carbocycles. The molecule has 0 heterocycles. The van der Waals surface area contributed by atoms with E-state index in [4.69, 9.17) is 0 Å². The quantitative estimate of drug-likeness (QED) is 0.783. The summed E-state index contributed by atoms with van der Waals surface area (Å²) in [7, 11) is 0. The van der Waals surface area contributed by atoms with Crippen molar-refractivity contribution in [3.63, 3.8) is 0 Å². The summed E-state index contributed by atoms with van der Waals surface area (Å²) in [6.45, 7) is 8.52. The lowest BCUT2D eigenvalue weighted by atomic mass is 10.1. The monoisotopic (exact) mass is 225 g/mol. The molecule has 88 valence electrons. The van der Waals surface area contributed by atoms with Crippen LogP contribution in [0.3, 0.4) is 0 Å². The van der Waals surface area contributed by atoms with E-state index in [1.165, 1.54) is 22.3 Å². The molecule has 0 aliphatic heterocycles.